The first kappa shape index (κ1) is 13.7. The van der Waals surface area contributed by atoms with Crippen LogP contribution in [-0.2, 0) is 4.74 Å². The summed E-state index contributed by atoms with van der Waals surface area (Å²) in [6.07, 6.45) is 4.84. The summed E-state index contributed by atoms with van der Waals surface area (Å²) in [7, 11) is 1.54. The van der Waals surface area contributed by atoms with Crippen molar-refractivity contribution >= 4 is 17.3 Å². The number of nitrogens with one attached hydrogen (secondary N) is 2. The van der Waals surface area contributed by atoms with E-state index in [0.29, 0.717) is 17.3 Å². The van der Waals surface area contributed by atoms with Crippen molar-refractivity contribution in [1.29, 1.82) is 0 Å². The number of ether oxygens (including phenoxy) is 1. The van der Waals surface area contributed by atoms with E-state index >= 15 is 0 Å². The third-order valence-corrected chi connectivity index (χ3v) is 3.41. The van der Waals surface area contributed by atoms with Crippen molar-refractivity contribution in [3.05, 3.63) is 23.8 Å². The first-order valence-corrected chi connectivity index (χ1v) is 6.64. The first-order valence-electron chi connectivity index (χ1n) is 6.64. The summed E-state index contributed by atoms with van der Waals surface area (Å²) in [5, 5.41) is 6.08. The summed E-state index contributed by atoms with van der Waals surface area (Å²) in [6.45, 7) is 0.203. The molecule has 1 aliphatic carbocycles. The second-order valence-electron chi connectivity index (χ2n) is 4.87. The highest BCUT2D eigenvalue weighted by Gasteiger charge is 2.16. The quantitative estimate of drug-likeness (QED) is 0.560. The van der Waals surface area contributed by atoms with E-state index < -0.39 is 0 Å². The van der Waals surface area contributed by atoms with Crippen LogP contribution in [-0.4, -0.2) is 25.8 Å². The van der Waals surface area contributed by atoms with Crippen LogP contribution < -0.4 is 16.4 Å². The number of benzene rings is 1. The largest absolute Gasteiger partial charge is 0.397 e. The number of carbonyl (C=O) groups excluding carboxylic acids is 1. The third kappa shape index (κ3) is 3.61. The number of nitrogen functional groups attached to an aromatic ring is 1. The van der Waals surface area contributed by atoms with E-state index in [-0.39, 0.29) is 12.6 Å². The molecule has 1 saturated carbocycles. The molecule has 0 atom stereocenters. The Hall–Kier alpha value is -1.75. The van der Waals surface area contributed by atoms with E-state index in [1.165, 1.54) is 32.8 Å². The third-order valence-electron chi connectivity index (χ3n) is 3.41. The topological polar surface area (TPSA) is 76.4 Å². The highest BCUT2D eigenvalue weighted by Crippen LogP contribution is 2.26. The second-order valence-corrected chi connectivity index (χ2v) is 4.87. The van der Waals surface area contributed by atoms with Gasteiger partial charge in [-0.3, -0.25) is 4.79 Å². The van der Waals surface area contributed by atoms with Gasteiger partial charge in [0.15, 0.2) is 0 Å². The molecule has 0 aliphatic heterocycles. The molecule has 1 aliphatic rings. The van der Waals surface area contributed by atoms with Crippen molar-refractivity contribution in [1.82, 2.24) is 5.32 Å². The monoisotopic (exact) mass is 263 g/mol. The van der Waals surface area contributed by atoms with E-state index in [1.54, 1.807) is 18.2 Å². The van der Waals surface area contributed by atoms with Crippen LogP contribution in [0.5, 0.6) is 0 Å². The maximum Gasteiger partial charge on any atom is 0.253 e. The maximum atomic E-state index is 11.8. The predicted molar refractivity (Wildman–Crippen MR) is 76.1 cm³/mol. The summed E-state index contributed by atoms with van der Waals surface area (Å²) >= 11 is 0. The van der Waals surface area contributed by atoms with Crippen molar-refractivity contribution in [2.75, 3.05) is 24.9 Å². The normalized spacial score (nSPS) is 15.4. The molecule has 5 nitrogen and oxygen atoms in total. The Morgan fingerprint density at radius 3 is 2.84 bits per heavy atom. The van der Waals surface area contributed by atoms with Crippen LogP contribution in [0.15, 0.2) is 18.2 Å². The SMILES string of the molecule is COCNC(=O)c1ccc(N)c(NC2CCCC2)c1. The standard InChI is InChI=1S/C14H21N3O2/c1-19-9-16-14(18)10-6-7-12(15)13(8-10)17-11-4-2-3-5-11/h6-8,11,17H,2-5,9,15H2,1H3,(H,16,18). The number of amides is 1. The first-order chi connectivity index (χ1) is 9.20. The average Bonchev–Trinajstić information content (AvgIpc) is 2.91. The molecule has 5 heteroatoms. The summed E-state index contributed by atoms with van der Waals surface area (Å²) < 4.78 is 4.82. The van der Waals surface area contributed by atoms with Gasteiger partial charge in [-0.15, -0.1) is 0 Å². The number of methoxy groups -OCH3 is 1. The molecule has 0 bridgehead atoms. The zero-order valence-corrected chi connectivity index (χ0v) is 11.2. The lowest BCUT2D eigenvalue weighted by molar-refractivity contribution is 0.0872. The predicted octanol–water partition coefficient (Wildman–Crippen LogP) is 1.96. The Morgan fingerprint density at radius 2 is 2.16 bits per heavy atom. The Bertz CT molecular complexity index is 442. The number of nitrogens with two attached hydrogens (primary N) is 1. The van der Waals surface area contributed by atoms with Gasteiger partial charge in [0.2, 0.25) is 0 Å². The van der Waals surface area contributed by atoms with E-state index in [9.17, 15) is 4.79 Å². The van der Waals surface area contributed by atoms with Gasteiger partial charge in [0, 0.05) is 18.7 Å². The van der Waals surface area contributed by atoms with Crippen LogP contribution in [0, 0.1) is 0 Å². The number of hydrogen-bond donors (Lipinski definition) is 3. The van der Waals surface area contributed by atoms with Gasteiger partial charge in [-0.2, -0.15) is 0 Å². The second kappa shape index (κ2) is 6.43. The minimum Gasteiger partial charge on any atom is -0.397 e. The van der Waals surface area contributed by atoms with E-state index in [2.05, 4.69) is 10.6 Å². The summed E-state index contributed by atoms with van der Waals surface area (Å²) in [5.74, 6) is -0.156. The number of anilines is 2. The van der Waals surface area contributed by atoms with Gasteiger partial charge in [0.05, 0.1) is 11.4 Å². The minimum atomic E-state index is -0.156. The molecule has 1 aromatic rings. The van der Waals surface area contributed by atoms with Crippen LogP contribution in [0.2, 0.25) is 0 Å². The minimum absolute atomic E-state index is 0.156. The van der Waals surface area contributed by atoms with E-state index in [4.69, 9.17) is 10.5 Å². The molecule has 0 unspecified atom stereocenters. The molecule has 0 saturated heterocycles. The van der Waals surface area contributed by atoms with Crippen molar-refractivity contribution < 1.29 is 9.53 Å². The van der Waals surface area contributed by atoms with Gasteiger partial charge in [-0.1, -0.05) is 12.8 Å². The van der Waals surface area contributed by atoms with Gasteiger partial charge in [-0.25, -0.2) is 0 Å². The zero-order chi connectivity index (χ0) is 13.7. The number of carbonyl (C=O) groups is 1. The van der Waals surface area contributed by atoms with Crippen molar-refractivity contribution in [3.63, 3.8) is 0 Å². The summed E-state index contributed by atoms with van der Waals surface area (Å²) in [6, 6.07) is 5.76. The molecule has 1 amide bonds. The fraction of sp³-hybridized carbons (Fsp3) is 0.500. The smallest absolute Gasteiger partial charge is 0.253 e. The van der Waals surface area contributed by atoms with Crippen LogP contribution in [0.4, 0.5) is 11.4 Å². The van der Waals surface area contributed by atoms with Gasteiger partial charge in [0.25, 0.3) is 5.91 Å². The van der Waals surface area contributed by atoms with Crippen molar-refractivity contribution in [2.24, 2.45) is 0 Å². The van der Waals surface area contributed by atoms with Crippen LogP contribution >= 0.6 is 0 Å². The Kier molecular flexibility index (Phi) is 4.63. The lowest BCUT2D eigenvalue weighted by atomic mass is 10.1. The van der Waals surface area contributed by atoms with Gasteiger partial charge in [-0.05, 0) is 31.0 Å². The summed E-state index contributed by atoms with van der Waals surface area (Å²) in [4.78, 5) is 11.8. The molecule has 1 aromatic carbocycles. The molecule has 2 rings (SSSR count). The van der Waals surface area contributed by atoms with Gasteiger partial charge >= 0.3 is 0 Å². The van der Waals surface area contributed by atoms with Gasteiger partial charge in [0.1, 0.15) is 6.73 Å². The summed E-state index contributed by atoms with van der Waals surface area (Å²) in [5.41, 5.74) is 8.06. The lowest BCUT2D eigenvalue weighted by Crippen LogP contribution is -2.25. The molecule has 0 spiro atoms. The van der Waals surface area contributed by atoms with Crippen LogP contribution in [0.3, 0.4) is 0 Å². The zero-order valence-electron chi connectivity index (χ0n) is 11.2. The highest BCUT2D eigenvalue weighted by molar-refractivity contribution is 5.96. The molecule has 1 fully saturated rings. The fourth-order valence-electron chi connectivity index (χ4n) is 2.35. The molecular weight excluding hydrogens is 242 g/mol. The van der Waals surface area contributed by atoms with Crippen LogP contribution in [0.25, 0.3) is 0 Å². The number of hydrogen-bond acceptors (Lipinski definition) is 4. The van der Waals surface area contributed by atoms with Gasteiger partial charge < -0.3 is 21.1 Å². The average molecular weight is 263 g/mol. The fourth-order valence-corrected chi connectivity index (χ4v) is 2.35. The maximum absolute atomic E-state index is 11.8. The van der Waals surface area contributed by atoms with Crippen molar-refractivity contribution in [3.8, 4) is 0 Å². The Morgan fingerprint density at radius 1 is 1.42 bits per heavy atom. The van der Waals surface area contributed by atoms with E-state index in [1.807, 2.05) is 0 Å². The highest BCUT2D eigenvalue weighted by atomic mass is 16.5. The molecule has 0 radical (unpaired) electrons. The number of rotatable bonds is 5. The Balaban J connectivity index is 2.07. The molecule has 19 heavy (non-hydrogen) atoms. The van der Waals surface area contributed by atoms with Crippen LogP contribution in [0.1, 0.15) is 36.0 Å². The lowest BCUT2D eigenvalue weighted by Gasteiger charge is -2.16. The molecule has 104 valence electrons. The Labute approximate surface area is 113 Å². The van der Waals surface area contributed by atoms with E-state index in [0.717, 1.165) is 5.69 Å². The molecule has 4 N–H and O–H groups in total. The molecular formula is C14H21N3O2. The molecule has 0 heterocycles. The molecule has 0 aromatic heterocycles. The van der Waals surface area contributed by atoms with Crippen molar-refractivity contribution in [2.45, 2.75) is 31.7 Å².